The number of oxime groups is 1. The number of nitrogens with zero attached hydrogens (tertiary/aromatic N) is 1. The lowest BCUT2D eigenvalue weighted by Gasteiger charge is -2.12. The zero-order valence-electron chi connectivity index (χ0n) is 10.7. The summed E-state index contributed by atoms with van der Waals surface area (Å²) in [4.78, 5) is 11.8. The van der Waals surface area contributed by atoms with Crippen molar-refractivity contribution in [2.45, 2.75) is 19.4 Å². The van der Waals surface area contributed by atoms with Crippen LogP contribution in [0.3, 0.4) is 0 Å². The molecule has 1 atom stereocenters. The number of carbonyl (C=O) groups excluding carboxylic acids is 1. The van der Waals surface area contributed by atoms with Crippen LogP contribution in [0.2, 0.25) is 0 Å². The van der Waals surface area contributed by atoms with Gasteiger partial charge in [0, 0.05) is 17.9 Å². The van der Waals surface area contributed by atoms with Gasteiger partial charge >= 0.3 is 6.03 Å². The minimum absolute atomic E-state index is 0.0731. The van der Waals surface area contributed by atoms with E-state index >= 15 is 0 Å². The fraction of sp³-hybridized carbons (Fsp3) is 0.385. The minimum atomic E-state index is -0.258. The molecular weight excluding hydrogens is 246 g/mol. The minimum Gasteiger partial charge on any atom is -0.411 e. The van der Waals surface area contributed by atoms with Crippen LogP contribution in [0.1, 0.15) is 18.9 Å². The van der Waals surface area contributed by atoms with Crippen molar-refractivity contribution in [2.24, 2.45) is 5.16 Å². The van der Waals surface area contributed by atoms with Crippen molar-refractivity contribution >= 4 is 17.4 Å². The SMILES string of the molecule is CC(=NO)c1cccc(NC(=O)NC2CCOC2)c1. The number of carbonyl (C=O) groups is 1. The van der Waals surface area contributed by atoms with Crippen LogP contribution in [0.4, 0.5) is 10.5 Å². The molecule has 19 heavy (non-hydrogen) atoms. The monoisotopic (exact) mass is 263 g/mol. The van der Waals surface area contributed by atoms with E-state index in [1.165, 1.54) is 0 Å². The van der Waals surface area contributed by atoms with Gasteiger partial charge in [0.05, 0.1) is 18.4 Å². The third-order valence-electron chi connectivity index (χ3n) is 2.95. The van der Waals surface area contributed by atoms with E-state index in [9.17, 15) is 4.79 Å². The summed E-state index contributed by atoms with van der Waals surface area (Å²) in [6.45, 7) is 2.94. The molecule has 2 amide bonds. The van der Waals surface area contributed by atoms with Crippen LogP contribution in [-0.4, -0.2) is 36.2 Å². The molecule has 0 aromatic heterocycles. The van der Waals surface area contributed by atoms with Crippen LogP contribution in [0.5, 0.6) is 0 Å². The van der Waals surface area contributed by atoms with Gasteiger partial charge in [-0.25, -0.2) is 4.79 Å². The molecule has 1 unspecified atom stereocenters. The maximum absolute atomic E-state index is 11.8. The van der Waals surface area contributed by atoms with Gasteiger partial charge in [0.1, 0.15) is 0 Å². The van der Waals surface area contributed by atoms with Crippen LogP contribution in [0, 0.1) is 0 Å². The van der Waals surface area contributed by atoms with Crippen LogP contribution < -0.4 is 10.6 Å². The van der Waals surface area contributed by atoms with Gasteiger partial charge in [-0.1, -0.05) is 17.3 Å². The molecule has 1 heterocycles. The summed E-state index contributed by atoms with van der Waals surface area (Å²) in [5.41, 5.74) is 1.90. The molecule has 6 nitrogen and oxygen atoms in total. The van der Waals surface area contributed by atoms with Gasteiger partial charge in [0.2, 0.25) is 0 Å². The van der Waals surface area contributed by atoms with Crippen molar-refractivity contribution in [1.29, 1.82) is 0 Å². The Kier molecular flexibility index (Phi) is 4.35. The number of urea groups is 1. The summed E-state index contributed by atoms with van der Waals surface area (Å²) in [6.07, 6.45) is 0.837. The normalized spacial score (nSPS) is 19.2. The zero-order valence-corrected chi connectivity index (χ0v) is 10.7. The third-order valence-corrected chi connectivity index (χ3v) is 2.95. The van der Waals surface area contributed by atoms with Gasteiger partial charge < -0.3 is 20.6 Å². The molecule has 0 saturated carbocycles. The lowest BCUT2D eigenvalue weighted by Crippen LogP contribution is -2.38. The number of hydrogen-bond donors (Lipinski definition) is 3. The average molecular weight is 263 g/mol. The Morgan fingerprint density at radius 1 is 1.53 bits per heavy atom. The second-order valence-corrected chi connectivity index (χ2v) is 4.43. The first-order chi connectivity index (χ1) is 9.19. The Morgan fingerprint density at radius 2 is 2.37 bits per heavy atom. The molecule has 0 bridgehead atoms. The van der Waals surface area contributed by atoms with Gasteiger partial charge in [-0.2, -0.15) is 0 Å². The van der Waals surface area contributed by atoms with Crippen LogP contribution in [-0.2, 0) is 4.74 Å². The predicted molar refractivity (Wildman–Crippen MR) is 71.8 cm³/mol. The number of rotatable bonds is 3. The summed E-state index contributed by atoms with van der Waals surface area (Å²) < 4.78 is 5.19. The van der Waals surface area contributed by atoms with E-state index in [0.29, 0.717) is 24.6 Å². The van der Waals surface area contributed by atoms with Crippen molar-refractivity contribution in [3.05, 3.63) is 29.8 Å². The van der Waals surface area contributed by atoms with Crippen molar-refractivity contribution in [1.82, 2.24) is 5.32 Å². The quantitative estimate of drug-likeness (QED) is 0.441. The van der Waals surface area contributed by atoms with E-state index in [1.807, 2.05) is 6.07 Å². The van der Waals surface area contributed by atoms with Gasteiger partial charge in [-0.05, 0) is 25.5 Å². The predicted octanol–water partition coefficient (Wildman–Crippen LogP) is 1.80. The number of ether oxygens (including phenoxy) is 1. The molecule has 1 aromatic rings. The standard InChI is InChI=1S/C13H17N3O3/c1-9(16-18)10-3-2-4-11(7-10)14-13(17)15-12-5-6-19-8-12/h2-4,7,12,18H,5-6,8H2,1H3,(H2,14,15,17). The van der Waals surface area contributed by atoms with Crippen LogP contribution in [0.25, 0.3) is 0 Å². The summed E-state index contributed by atoms with van der Waals surface area (Å²) in [5.74, 6) is 0. The third kappa shape index (κ3) is 3.69. The Morgan fingerprint density at radius 3 is 3.05 bits per heavy atom. The molecule has 3 N–H and O–H groups in total. The summed E-state index contributed by atoms with van der Waals surface area (Å²) in [5, 5.41) is 17.4. The second-order valence-electron chi connectivity index (χ2n) is 4.43. The Hall–Kier alpha value is -2.08. The Bertz CT molecular complexity index is 482. The van der Waals surface area contributed by atoms with Crippen LogP contribution in [0.15, 0.2) is 29.4 Å². The molecule has 102 valence electrons. The lowest BCUT2D eigenvalue weighted by atomic mass is 10.1. The molecule has 0 spiro atoms. The van der Waals surface area contributed by atoms with E-state index in [1.54, 1.807) is 25.1 Å². The molecule has 2 rings (SSSR count). The molecule has 1 saturated heterocycles. The van der Waals surface area contributed by atoms with E-state index < -0.39 is 0 Å². The Labute approximate surface area is 111 Å². The van der Waals surface area contributed by atoms with Crippen molar-refractivity contribution in [3.8, 4) is 0 Å². The van der Waals surface area contributed by atoms with E-state index in [2.05, 4.69) is 15.8 Å². The van der Waals surface area contributed by atoms with Crippen molar-refractivity contribution in [2.75, 3.05) is 18.5 Å². The van der Waals surface area contributed by atoms with E-state index in [4.69, 9.17) is 9.94 Å². The number of amides is 2. The molecular formula is C13H17N3O3. The molecule has 1 aromatic carbocycles. The highest BCUT2D eigenvalue weighted by atomic mass is 16.5. The smallest absolute Gasteiger partial charge is 0.319 e. The number of nitrogens with one attached hydrogen (secondary N) is 2. The first-order valence-corrected chi connectivity index (χ1v) is 6.13. The largest absolute Gasteiger partial charge is 0.411 e. The maximum atomic E-state index is 11.8. The highest BCUT2D eigenvalue weighted by molar-refractivity contribution is 6.00. The molecule has 0 radical (unpaired) electrons. The van der Waals surface area contributed by atoms with Crippen molar-refractivity contribution < 1.29 is 14.7 Å². The molecule has 1 aliphatic rings. The molecule has 1 aliphatic heterocycles. The Balaban J connectivity index is 1.96. The summed E-state index contributed by atoms with van der Waals surface area (Å²) in [6, 6.07) is 6.94. The van der Waals surface area contributed by atoms with E-state index in [0.717, 1.165) is 12.0 Å². The second kappa shape index (κ2) is 6.19. The maximum Gasteiger partial charge on any atom is 0.319 e. The first-order valence-electron chi connectivity index (χ1n) is 6.13. The van der Waals surface area contributed by atoms with Gasteiger partial charge in [-0.3, -0.25) is 0 Å². The number of benzene rings is 1. The molecule has 6 heteroatoms. The molecule has 1 fully saturated rings. The topological polar surface area (TPSA) is 83.0 Å². The number of hydrogen-bond acceptors (Lipinski definition) is 4. The lowest BCUT2D eigenvalue weighted by molar-refractivity contribution is 0.189. The fourth-order valence-electron chi connectivity index (χ4n) is 1.88. The summed E-state index contributed by atoms with van der Waals surface area (Å²) in [7, 11) is 0. The zero-order chi connectivity index (χ0) is 13.7. The van der Waals surface area contributed by atoms with Gasteiger partial charge in [-0.15, -0.1) is 0 Å². The fourth-order valence-corrected chi connectivity index (χ4v) is 1.88. The molecule has 0 aliphatic carbocycles. The highest BCUT2D eigenvalue weighted by Crippen LogP contribution is 2.12. The van der Waals surface area contributed by atoms with Crippen LogP contribution >= 0.6 is 0 Å². The average Bonchev–Trinajstić information content (AvgIpc) is 2.90. The highest BCUT2D eigenvalue weighted by Gasteiger charge is 2.17. The summed E-state index contributed by atoms with van der Waals surface area (Å²) >= 11 is 0. The first kappa shape index (κ1) is 13.4. The van der Waals surface area contributed by atoms with Crippen molar-refractivity contribution in [3.63, 3.8) is 0 Å². The number of anilines is 1. The van der Waals surface area contributed by atoms with E-state index in [-0.39, 0.29) is 12.1 Å². The van der Waals surface area contributed by atoms with Gasteiger partial charge in [0.15, 0.2) is 0 Å². The van der Waals surface area contributed by atoms with Gasteiger partial charge in [0.25, 0.3) is 0 Å².